The lowest BCUT2D eigenvalue weighted by molar-refractivity contribution is 0.0468. The predicted molar refractivity (Wildman–Crippen MR) is 123 cm³/mol. The fourth-order valence-electron chi connectivity index (χ4n) is 2.96. The molecule has 0 bridgehead atoms. The van der Waals surface area contributed by atoms with Crippen molar-refractivity contribution in [3.05, 3.63) is 52.9 Å². The number of hydrogen-bond acceptors (Lipinski definition) is 7. The van der Waals surface area contributed by atoms with Gasteiger partial charge >= 0.3 is 0 Å². The molecule has 0 spiro atoms. The molecule has 9 heteroatoms. The first-order chi connectivity index (χ1) is 14.8. The van der Waals surface area contributed by atoms with Crippen LogP contribution in [-0.2, 0) is 0 Å². The first-order valence-corrected chi connectivity index (χ1v) is 10.5. The van der Waals surface area contributed by atoms with Gasteiger partial charge in [-0.3, -0.25) is 5.41 Å². The van der Waals surface area contributed by atoms with E-state index in [0.29, 0.717) is 18.7 Å². The Morgan fingerprint density at radius 2 is 1.94 bits per heavy atom. The lowest BCUT2D eigenvalue weighted by Gasteiger charge is -2.36. The maximum absolute atomic E-state index is 8.95. The molecule has 1 saturated carbocycles. The number of benzene rings is 1. The van der Waals surface area contributed by atoms with E-state index >= 15 is 0 Å². The van der Waals surface area contributed by atoms with E-state index in [1.807, 2.05) is 6.07 Å². The molecule has 0 unspecified atom stereocenters. The number of aliphatic hydroxyl groups is 2. The number of phenols is 1. The number of amidine groups is 1. The number of allylic oxidation sites excluding steroid dienone is 1. The third kappa shape index (κ3) is 10.2. The summed E-state index contributed by atoms with van der Waals surface area (Å²) in [5.41, 5.74) is 5.84. The quantitative estimate of drug-likeness (QED) is 0.180. The number of likely N-dealkylation sites (tertiary alicyclic amines) is 1. The molecule has 0 radical (unpaired) electrons. The molecule has 7 N–H and O–H groups in total. The Kier molecular flexibility index (Phi) is 12.1. The van der Waals surface area contributed by atoms with Gasteiger partial charge in [0.2, 0.25) is 0 Å². The lowest BCUT2D eigenvalue weighted by atomic mass is 9.96. The highest BCUT2D eigenvalue weighted by Gasteiger charge is 2.24. The number of aromatic hydroxyl groups is 1. The van der Waals surface area contributed by atoms with E-state index in [1.165, 1.54) is 62.5 Å². The predicted octanol–water partition coefficient (Wildman–Crippen LogP) is 3.01. The Balaban J connectivity index is 0.000000240. The number of hydrogen-bond donors (Lipinski definition) is 6. The maximum atomic E-state index is 8.95. The Labute approximate surface area is 188 Å². The molecule has 3 rings (SSSR count). The van der Waals surface area contributed by atoms with Crippen LogP contribution in [0, 0.1) is 16.7 Å². The molecule has 1 aromatic carbocycles. The number of nitrogens with two attached hydrogens (primary N) is 1. The Hall–Kier alpha value is -2.73. The number of nitriles is 1. The van der Waals surface area contributed by atoms with Gasteiger partial charge in [0.15, 0.2) is 0 Å². The summed E-state index contributed by atoms with van der Waals surface area (Å²) >= 11 is 5.55. The minimum atomic E-state index is -0.320. The maximum Gasteiger partial charge on any atom is 0.120 e. The smallest absolute Gasteiger partial charge is 0.120 e. The van der Waals surface area contributed by atoms with Crippen molar-refractivity contribution >= 4 is 17.4 Å². The van der Waals surface area contributed by atoms with Crippen LogP contribution in [-0.4, -0.2) is 58.3 Å². The molecule has 31 heavy (non-hydrogen) atoms. The van der Waals surface area contributed by atoms with Crippen LogP contribution in [0.1, 0.15) is 37.7 Å². The molecule has 0 amide bonds. The molecule has 0 atom stereocenters. The van der Waals surface area contributed by atoms with Crippen LogP contribution < -0.4 is 11.1 Å². The Morgan fingerprint density at radius 1 is 1.29 bits per heavy atom. The molecule has 0 aromatic heterocycles. The summed E-state index contributed by atoms with van der Waals surface area (Å²) in [5.74, 6) is 0.360. The van der Waals surface area contributed by atoms with E-state index in [4.69, 9.17) is 43.3 Å². The number of nitrogens with zero attached hydrogens (tertiary/aromatic N) is 2. The van der Waals surface area contributed by atoms with E-state index in [0.717, 1.165) is 12.3 Å². The van der Waals surface area contributed by atoms with Gasteiger partial charge in [0.25, 0.3) is 0 Å². The van der Waals surface area contributed by atoms with E-state index < -0.39 is 0 Å². The second-order valence-corrected chi connectivity index (χ2v) is 7.71. The van der Waals surface area contributed by atoms with Gasteiger partial charge < -0.3 is 31.3 Å². The number of aliphatic hydroxyl groups excluding tert-OH is 2. The molecule has 170 valence electrons. The zero-order chi connectivity index (χ0) is 23.2. The van der Waals surface area contributed by atoms with Crippen molar-refractivity contribution in [2.45, 2.75) is 44.2 Å². The fourth-order valence-corrected chi connectivity index (χ4v) is 3.18. The van der Waals surface area contributed by atoms with Crippen molar-refractivity contribution in [3.8, 4) is 11.8 Å². The van der Waals surface area contributed by atoms with E-state index in [9.17, 15) is 0 Å². The SMILES string of the molecule is CNC1CCCCC1.N#Cc1ccc(O)cc1Cl.N=C(/C=C\C(N)=C/O)N1CC(O)C1. The van der Waals surface area contributed by atoms with Gasteiger partial charge in [0, 0.05) is 19.1 Å². The minimum absolute atomic E-state index is 0.0731. The number of phenolic OH excluding ortho intramolecular Hbond substituents is 1. The molecule has 2 fully saturated rings. The van der Waals surface area contributed by atoms with Crippen molar-refractivity contribution in [1.82, 2.24) is 10.2 Å². The highest BCUT2D eigenvalue weighted by molar-refractivity contribution is 6.31. The molecule has 2 aliphatic rings. The molecule has 1 heterocycles. The highest BCUT2D eigenvalue weighted by atomic mass is 35.5. The van der Waals surface area contributed by atoms with E-state index in [2.05, 4.69) is 12.4 Å². The average Bonchev–Trinajstić information content (AvgIpc) is 2.76. The largest absolute Gasteiger partial charge is 0.513 e. The van der Waals surface area contributed by atoms with E-state index in [1.54, 1.807) is 4.90 Å². The molecule has 8 nitrogen and oxygen atoms in total. The lowest BCUT2D eigenvalue weighted by Crippen LogP contribution is -2.52. The van der Waals surface area contributed by atoms with Crippen molar-refractivity contribution < 1.29 is 15.3 Å². The molecular formula is C22H32ClN5O3. The fraction of sp³-hybridized carbons (Fsp3) is 0.455. The number of rotatable bonds is 3. The van der Waals surface area contributed by atoms with Gasteiger partial charge in [-0.25, -0.2) is 0 Å². The molecular weight excluding hydrogens is 418 g/mol. The van der Waals surface area contributed by atoms with Gasteiger partial charge in [-0.15, -0.1) is 0 Å². The van der Waals surface area contributed by atoms with Crippen molar-refractivity contribution in [3.63, 3.8) is 0 Å². The van der Waals surface area contributed by atoms with Crippen LogP contribution >= 0.6 is 11.6 Å². The zero-order valence-corrected chi connectivity index (χ0v) is 18.5. The van der Waals surface area contributed by atoms with Crippen LogP contribution in [0.3, 0.4) is 0 Å². The minimum Gasteiger partial charge on any atom is -0.513 e. The summed E-state index contributed by atoms with van der Waals surface area (Å²) in [7, 11) is 2.07. The monoisotopic (exact) mass is 449 g/mol. The Morgan fingerprint density at radius 3 is 2.39 bits per heavy atom. The van der Waals surface area contributed by atoms with Crippen molar-refractivity contribution in [2.75, 3.05) is 20.1 Å². The van der Waals surface area contributed by atoms with Crippen LogP contribution in [0.25, 0.3) is 0 Å². The standard InChI is InChI=1S/C8H13N3O2.C7H4ClNO.C7H15N/c9-6(5-12)1-2-8(10)11-3-7(13)4-11;8-7-3-6(10)2-1-5(7)4-9;1-8-7-5-3-2-4-6-7/h1-2,5,7,10,12-13H,3-4,9H2;1-3,10H;7-8H,2-6H2,1H3/b2-1-,6-5+,10-8?;;. The van der Waals surface area contributed by atoms with Crippen molar-refractivity contribution in [2.24, 2.45) is 5.73 Å². The van der Waals surface area contributed by atoms with Gasteiger partial charge in [0.05, 0.1) is 22.4 Å². The van der Waals surface area contributed by atoms with Crippen LogP contribution in [0.4, 0.5) is 0 Å². The topological polar surface area (TPSA) is 150 Å². The second kappa shape index (κ2) is 14.3. The highest BCUT2D eigenvalue weighted by Crippen LogP contribution is 2.20. The van der Waals surface area contributed by atoms with Gasteiger partial charge in [0.1, 0.15) is 23.9 Å². The van der Waals surface area contributed by atoms with Gasteiger partial charge in [-0.05, 0) is 50.2 Å². The molecule has 1 aromatic rings. The zero-order valence-electron chi connectivity index (χ0n) is 17.8. The summed E-state index contributed by atoms with van der Waals surface area (Å²) in [6.45, 7) is 0.984. The normalized spacial score (nSPS) is 17.0. The summed E-state index contributed by atoms with van der Waals surface area (Å²) in [4.78, 5) is 1.70. The van der Waals surface area contributed by atoms with Crippen molar-refractivity contribution in [1.29, 1.82) is 10.7 Å². The summed E-state index contributed by atoms with van der Waals surface area (Å²) in [6, 6.07) is 6.94. The number of nitrogens with one attached hydrogen (secondary N) is 2. The number of halogens is 1. The van der Waals surface area contributed by atoms with E-state index in [-0.39, 0.29) is 28.4 Å². The summed E-state index contributed by atoms with van der Waals surface area (Å²) in [6.07, 6.45) is 10.5. The molecule has 1 aliphatic heterocycles. The molecule has 1 aliphatic carbocycles. The van der Waals surface area contributed by atoms with Crippen LogP contribution in [0.15, 0.2) is 42.3 Å². The van der Waals surface area contributed by atoms with Gasteiger partial charge in [-0.2, -0.15) is 5.26 Å². The number of β-amino-alcohol motifs (C(OH)–C–C–N with tert-alkyl or cyclic N) is 1. The average molecular weight is 450 g/mol. The third-order valence-electron chi connectivity index (χ3n) is 4.87. The third-order valence-corrected chi connectivity index (χ3v) is 5.18. The first-order valence-electron chi connectivity index (χ1n) is 10.2. The molecule has 1 saturated heterocycles. The second-order valence-electron chi connectivity index (χ2n) is 7.31. The Bertz CT molecular complexity index is 795. The van der Waals surface area contributed by atoms with Crippen LogP contribution in [0.2, 0.25) is 5.02 Å². The van der Waals surface area contributed by atoms with Crippen LogP contribution in [0.5, 0.6) is 5.75 Å². The van der Waals surface area contributed by atoms with Gasteiger partial charge in [-0.1, -0.05) is 30.9 Å². The summed E-state index contributed by atoms with van der Waals surface area (Å²) in [5, 5.41) is 45.7. The summed E-state index contributed by atoms with van der Waals surface area (Å²) < 4.78 is 0. The first kappa shape index (κ1) is 26.3.